The third-order valence-corrected chi connectivity index (χ3v) is 5.90. The van der Waals surface area contributed by atoms with Crippen molar-refractivity contribution in [1.29, 1.82) is 0 Å². The van der Waals surface area contributed by atoms with Crippen LogP contribution in [0.1, 0.15) is 55.1 Å². The lowest BCUT2D eigenvalue weighted by molar-refractivity contribution is 0.0982. The van der Waals surface area contributed by atoms with Crippen LogP contribution in [0.3, 0.4) is 0 Å². The number of hydrogen-bond acceptors (Lipinski definition) is 2. The molecule has 1 heterocycles. The summed E-state index contributed by atoms with van der Waals surface area (Å²) >= 11 is 0. The first-order valence-electron chi connectivity index (χ1n) is 9.92. The fraction of sp³-hybridized carbons (Fsp3) is 0.375. The number of ketones is 1. The summed E-state index contributed by atoms with van der Waals surface area (Å²) in [6.07, 6.45) is 2.10. The average Bonchev–Trinajstić information content (AvgIpc) is 2.90. The Balaban J connectivity index is 1.75. The molecule has 1 aliphatic rings. The summed E-state index contributed by atoms with van der Waals surface area (Å²) in [6, 6.07) is 11.4. The van der Waals surface area contributed by atoms with Crippen LogP contribution in [0.15, 0.2) is 36.4 Å². The highest BCUT2D eigenvalue weighted by Crippen LogP contribution is 2.37. The Morgan fingerprint density at radius 1 is 1.11 bits per heavy atom. The van der Waals surface area contributed by atoms with Gasteiger partial charge in [0.1, 0.15) is 5.82 Å². The first-order chi connectivity index (χ1) is 13.2. The van der Waals surface area contributed by atoms with Crippen LogP contribution in [0.4, 0.5) is 4.39 Å². The molecule has 4 rings (SSSR count). The van der Waals surface area contributed by atoms with Crippen molar-refractivity contribution in [1.82, 2.24) is 9.88 Å². The third kappa shape index (κ3) is 3.37. The number of halogens is 1. The lowest BCUT2D eigenvalue weighted by Gasteiger charge is -2.31. The Morgan fingerprint density at radius 3 is 2.50 bits per heavy atom. The number of carbonyl (C=O) groups excluding carboxylic acids is 1. The summed E-state index contributed by atoms with van der Waals surface area (Å²) in [4.78, 5) is 18.1. The molecule has 0 bridgehead atoms. The van der Waals surface area contributed by atoms with Gasteiger partial charge in [-0.1, -0.05) is 24.3 Å². The molecule has 28 heavy (non-hydrogen) atoms. The average molecular weight is 378 g/mol. The summed E-state index contributed by atoms with van der Waals surface area (Å²) in [5.74, 6) is -0.327. The monoisotopic (exact) mass is 378 g/mol. The van der Waals surface area contributed by atoms with Crippen molar-refractivity contribution in [2.75, 3.05) is 7.05 Å². The molecule has 0 spiro atoms. The SMILES string of the molecule is CN(Cc1ccc(-c2[nH]c3cc(F)cc4c3c2CCCC4=O)cc1)C(C)(C)C. The van der Waals surface area contributed by atoms with Crippen molar-refractivity contribution in [3.63, 3.8) is 0 Å². The van der Waals surface area contributed by atoms with E-state index in [-0.39, 0.29) is 17.1 Å². The molecule has 3 aromatic rings. The number of benzene rings is 2. The van der Waals surface area contributed by atoms with E-state index in [1.54, 1.807) is 0 Å². The summed E-state index contributed by atoms with van der Waals surface area (Å²) < 4.78 is 14.1. The van der Waals surface area contributed by atoms with Gasteiger partial charge in [0, 0.05) is 40.7 Å². The van der Waals surface area contributed by atoms with Gasteiger partial charge < -0.3 is 4.98 Å². The molecule has 1 N–H and O–H groups in total. The van der Waals surface area contributed by atoms with Crippen molar-refractivity contribution < 1.29 is 9.18 Å². The zero-order chi connectivity index (χ0) is 20.1. The number of H-pyrrole nitrogens is 1. The molecule has 4 heteroatoms. The second-order valence-corrected chi connectivity index (χ2v) is 8.85. The van der Waals surface area contributed by atoms with Crippen LogP contribution in [-0.4, -0.2) is 28.3 Å². The molecule has 1 aliphatic carbocycles. The van der Waals surface area contributed by atoms with Gasteiger partial charge in [-0.25, -0.2) is 4.39 Å². The maximum absolute atomic E-state index is 14.1. The second-order valence-electron chi connectivity index (χ2n) is 8.85. The minimum absolute atomic E-state index is 0.0364. The predicted molar refractivity (Wildman–Crippen MR) is 112 cm³/mol. The fourth-order valence-electron chi connectivity index (χ4n) is 3.93. The summed E-state index contributed by atoms with van der Waals surface area (Å²) in [5, 5.41) is 0.899. The molecule has 0 saturated heterocycles. The Bertz CT molecular complexity index is 1040. The van der Waals surface area contributed by atoms with Crippen LogP contribution in [0.2, 0.25) is 0 Å². The molecular formula is C24H27FN2O. The number of hydrogen-bond donors (Lipinski definition) is 1. The molecule has 0 unspecified atom stereocenters. The predicted octanol–water partition coefficient (Wildman–Crippen LogP) is 5.72. The molecule has 1 aromatic heterocycles. The number of nitrogens with one attached hydrogen (secondary N) is 1. The molecule has 0 radical (unpaired) electrons. The topological polar surface area (TPSA) is 36.1 Å². The number of carbonyl (C=O) groups is 1. The first-order valence-corrected chi connectivity index (χ1v) is 9.92. The molecule has 0 amide bonds. The van der Waals surface area contributed by atoms with Crippen molar-refractivity contribution in [3.05, 3.63) is 58.9 Å². The molecule has 0 saturated carbocycles. The number of nitrogens with zero attached hydrogens (tertiary/aromatic N) is 1. The molecule has 0 atom stereocenters. The maximum Gasteiger partial charge on any atom is 0.163 e. The molecule has 3 nitrogen and oxygen atoms in total. The van der Waals surface area contributed by atoms with Crippen LogP contribution < -0.4 is 0 Å². The number of aromatic amines is 1. The van der Waals surface area contributed by atoms with Crippen molar-refractivity contribution in [2.45, 2.75) is 52.1 Å². The van der Waals surface area contributed by atoms with Crippen LogP contribution in [0, 0.1) is 5.82 Å². The Morgan fingerprint density at radius 2 is 1.82 bits per heavy atom. The van der Waals surface area contributed by atoms with E-state index in [4.69, 9.17) is 0 Å². The summed E-state index contributed by atoms with van der Waals surface area (Å²) in [6.45, 7) is 7.50. The van der Waals surface area contributed by atoms with Gasteiger partial charge in [-0.3, -0.25) is 9.69 Å². The molecule has 0 fully saturated rings. The highest BCUT2D eigenvalue weighted by atomic mass is 19.1. The van der Waals surface area contributed by atoms with E-state index in [9.17, 15) is 9.18 Å². The lowest BCUT2D eigenvalue weighted by atomic mass is 9.99. The highest BCUT2D eigenvalue weighted by Gasteiger charge is 2.23. The van der Waals surface area contributed by atoms with Gasteiger partial charge in [-0.05, 0) is 69.5 Å². The first kappa shape index (κ1) is 18.9. The van der Waals surface area contributed by atoms with Crippen LogP contribution >= 0.6 is 0 Å². The third-order valence-electron chi connectivity index (χ3n) is 5.90. The quantitative estimate of drug-likeness (QED) is 0.632. The lowest BCUT2D eigenvalue weighted by Crippen LogP contribution is -2.37. The highest BCUT2D eigenvalue weighted by molar-refractivity contribution is 6.11. The van der Waals surface area contributed by atoms with Crippen LogP contribution in [-0.2, 0) is 13.0 Å². The molecular weight excluding hydrogens is 351 g/mol. The van der Waals surface area contributed by atoms with E-state index >= 15 is 0 Å². The molecule has 146 valence electrons. The summed E-state index contributed by atoms with van der Waals surface area (Å²) in [5.41, 5.74) is 5.83. The van der Waals surface area contributed by atoms with Gasteiger partial charge >= 0.3 is 0 Å². The Labute approximate surface area is 165 Å². The van der Waals surface area contributed by atoms with E-state index < -0.39 is 0 Å². The Hall–Kier alpha value is -2.46. The summed E-state index contributed by atoms with van der Waals surface area (Å²) in [7, 11) is 2.13. The number of Topliss-reactive ketones (excluding diaryl/α,β-unsaturated/α-hetero) is 1. The molecule has 2 aromatic carbocycles. The second kappa shape index (κ2) is 6.85. The zero-order valence-electron chi connectivity index (χ0n) is 17.0. The van der Waals surface area contributed by atoms with Crippen molar-refractivity contribution >= 4 is 16.7 Å². The fourth-order valence-corrected chi connectivity index (χ4v) is 3.93. The van der Waals surface area contributed by atoms with E-state index in [2.05, 4.69) is 62.0 Å². The number of rotatable bonds is 3. The normalized spacial score (nSPS) is 14.7. The minimum atomic E-state index is -0.363. The van der Waals surface area contributed by atoms with Crippen molar-refractivity contribution in [2.24, 2.45) is 0 Å². The van der Waals surface area contributed by atoms with Gasteiger partial charge in [0.2, 0.25) is 0 Å². The van der Waals surface area contributed by atoms with Gasteiger partial charge in [0.05, 0.1) is 0 Å². The van der Waals surface area contributed by atoms with E-state index in [1.807, 2.05) is 0 Å². The Kier molecular flexibility index (Phi) is 4.62. The van der Waals surface area contributed by atoms with Gasteiger partial charge in [-0.15, -0.1) is 0 Å². The number of aromatic nitrogens is 1. The van der Waals surface area contributed by atoms with E-state index in [0.29, 0.717) is 17.5 Å². The van der Waals surface area contributed by atoms with Crippen LogP contribution in [0.25, 0.3) is 22.2 Å². The smallest absolute Gasteiger partial charge is 0.163 e. The standard InChI is InChI=1S/C24H27FN2O/c1-24(2,3)27(4)14-15-8-10-16(11-9-15)23-18-6-5-7-21(28)19-12-17(25)13-20(26-23)22(18)19/h8-13,26H,5-7,14H2,1-4H3. The minimum Gasteiger partial charge on any atom is -0.354 e. The van der Waals surface area contributed by atoms with E-state index in [1.165, 1.54) is 17.7 Å². The van der Waals surface area contributed by atoms with E-state index in [0.717, 1.165) is 41.6 Å². The zero-order valence-corrected chi connectivity index (χ0v) is 17.0. The largest absolute Gasteiger partial charge is 0.354 e. The van der Waals surface area contributed by atoms with Gasteiger partial charge in [0.15, 0.2) is 5.78 Å². The van der Waals surface area contributed by atoms with Gasteiger partial charge in [0.25, 0.3) is 0 Å². The van der Waals surface area contributed by atoms with Gasteiger partial charge in [-0.2, -0.15) is 0 Å². The van der Waals surface area contributed by atoms with Crippen molar-refractivity contribution in [3.8, 4) is 11.3 Å². The molecule has 0 aliphatic heterocycles. The maximum atomic E-state index is 14.1. The number of aryl methyl sites for hydroxylation is 1. The van der Waals surface area contributed by atoms with Crippen LogP contribution in [0.5, 0.6) is 0 Å².